The first kappa shape index (κ1) is 26.1. The van der Waals surface area contributed by atoms with Crippen molar-refractivity contribution in [1.82, 2.24) is 21.3 Å². The molecular weight excluding hydrogens is 452 g/mol. The Morgan fingerprint density at radius 1 is 1.15 bits per heavy atom. The van der Waals surface area contributed by atoms with E-state index >= 15 is 0 Å². The Kier molecular flexibility index (Phi) is 9.47. The highest BCUT2D eigenvalue weighted by molar-refractivity contribution is 6.29. The Balaban J connectivity index is 1.48. The SMILES string of the molecule is NC(N)C(C(=O)NC1CNCCC1O[C@H]1CCNC1)C1CC2(C=C=C(Cl)CN1)CCCCCC2. The van der Waals surface area contributed by atoms with Crippen LogP contribution in [0.1, 0.15) is 57.8 Å². The van der Waals surface area contributed by atoms with Gasteiger partial charge in [0.15, 0.2) is 0 Å². The van der Waals surface area contributed by atoms with Gasteiger partial charge in [0.25, 0.3) is 0 Å². The van der Waals surface area contributed by atoms with Crippen LogP contribution in [0.3, 0.4) is 0 Å². The number of halogens is 1. The van der Waals surface area contributed by atoms with Gasteiger partial charge in [-0.15, -0.1) is 5.73 Å². The van der Waals surface area contributed by atoms with E-state index in [-0.39, 0.29) is 35.6 Å². The van der Waals surface area contributed by atoms with Crippen LogP contribution < -0.4 is 32.7 Å². The van der Waals surface area contributed by atoms with Crippen LogP contribution in [-0.2, 0) is 9.53 Å². The number of hydrogen-bond acceptors (Lipinski definition) is 7. The van der Waals surface area contributed by atoms with E-state index in [4.69, 9.17) is 27.8 Å². The van der Waals surface area contributed by atoms with Crippen LogP contribution in [0.2, 0.25) is 0 Å². The summed E-state index contributed by atoms with van der Waals surface area (Å²) < 4.78 is 6.38. The van der Waals surface area contributed by atoms with Gasteiger partial charge in [0.05, 0.1) is 35.4 Å². The minimum Gasteiger partial charge on any atom is -0.371 e. The molecule has 1 saturated carbocycles. The summed E-state index contributed by atoms with van der Waals surface area (Å²) in [6.45, 7) is 3.89. The zero-order valence-corrected chi connectivity index (χ0v) is 21.0. The summed E-state index contributed by atoms with van der Waals surface area (Å²) >= 11 is 6.44. The van der Waals surface area contributed by atoms with Gasteiger partial charge in [0, 0.05) is 25.7 Å². The Morgan fingerprint density at radius 3 is 2.59 bits per heavy atom. The molecule has 8 nitrogen and oxygen atoms in total. The van der Waals surface area contributed by atoms with Crippen molar-refractivity contribution in [3.05, 3.63) is 16.8 Å². The van der Waals surface area contributed by atoms with E-state index in [1.165, 1.54) is 25.7 Å². The molecule has 2 saturated heterocycles. The number of piperidine rings is 1. The topological polar surface area (TPSA) is 126 Å². The quantitative estimate of drug-likeness (QED) is 0.241. The molecule has 0 aromatic heterocycles. The molecule has 4 rings (SSSR count). The molecule has 0 aromatic rings. The fourth-order valence-corrected chi connectivity index (χ4v) is 6.28. The number of carbonyl (C=O) groups is 1. The van der Waals surface area contributed by atoms with Crippen molar-refractivity contribution in [1.29, 1.82) is 0 Å². The number of amides is 1. The Morgan fingerprint density at radius 2 is 1.88 bits per heavy atom. The van der Waals surface area contributed by atoms with E-state index in [2.05, 4.69) is 33.1 Å². The Labute approximate surface area is 209 Å². The molecule has 5 atom stereocenters. The molecule has 1 aliphatic carbocycles. The van der Waals surface area contributed by atoms with Crippen LogP contribution in [0.25, 0.3) is 0 Å². The minimum absolute atomic E-state index is 0.0106. The second-order valence-corrected chi connectivity index (χ2v) is 11.1. The molecule has 0 aromatic carbocycles. The molecule has 34 heavy (non-hydrogen) atoms. The van der Waals surface area contributed by atoms with Crippen molar-refractivity contribution in [2.24, 2.45) is 22.8 Å². The molecule has 3 fully saturated rings. The third-order valence-corrected chi connectivity index (χ3v) is 8.30. The maximum Gasteiger partial charge on any atom is 0.227 e. The number of rotatable bonds is 6. The summed E-state index contributed by atoms with van der Waals surface area (Å²) in [5.41, 5.74) is 15.8. The highest BCUT2D eigenvalue weighted by Gasteiger charge is 2.41. The third kappa shape index (κ3) is 6.83. The molecule has 1 spiro atoms. The molecule has 192 valence electrons. The molecule has 8 N–H and O–H groups in total. The predicted octanol–water partition coefficient (Wildman–Crippen LogP) is 1.05. The first-order valence-corrected chi connectivity index (χ1v) is 13.6. The normalized spacial score (nSPS) is 33.1. The lowest BCUT2D eigenvalue weighted by Crippen LogP contribution is -2.62. The third-order valence-electron chi connectivity index (χ3n) is 8.06. The molecule has 0 bridgehead atoms. The van der Waals surface area contributed by atoms with Crippen molar-refractivity contribution in [2.75, 3.05) is 32.7 Å². The van der Waals surface area contributed by atoms with E-state index in [1.807, 2.05) is 0 Å². The zero-order valence-electron chi connectivity index (χ0n) is 20.3. The number of carbonyl (C=O) groups excluding carboxylic acids is 1. The van der Waals surface area contributed by atoms with Crippen LogP contribution in [0, 0.1) is 11.3 Å². The molecular formula is C25H43ClN6O2. The van der Waals surface area contributed by atoms with Gasteiger partial charge in [0.2, 0.25) is 5.91 Å². The standard InChI is InChI=1S/C25H43ClN6O2/c26-17-5-10-25(8-3-1-2-4-9-25)13-19(31-14-17)22(23(27)28)24(33)32-20-16-30-12-7-21(20)34-18-6-11-29-15-18/h10,18-23,29-31H,1-4,6-9,11-16,27-28H2,(H,32,33)/t5?,18-,19?,20?,21?,22?/m0/s1. The first-order chi connectivity index (χ1) is 16.5. The highest BCUT2D eigenvalue weighted by Crippen LogP contribution is 2.42. The predicted molar refractivity (Wildman–Crippen MR) is 135 cm³/mol. The van der Waals surface area contributed by atoms with Gasteiger partial charge in [-0.3, -0.25) is 4.79 Å². The van der Waals surface area contributed by atoms with Crippen molar-refractivity contribution >= 4 is 17.5 Å². The van der Waals surface area contributed by atoms with Crippen LogP contribution in [-0.4, -0.2) is 69.1 Å². The molecule has 4 unspecified atom stereocenters. The molecule has 0 radical (unpaired) electrons. The summed E-state index contributed by atoms with van der Waals surface area (Å²) in [6, 6.07) is -0.271. The van der Waals surface area contributed by atoms with Gasteiger partial charge in [-0.2, -0.15) is 0 Å². The van der Waals surface area contributed by atoms with Crippen LogP contribution in [0.15, 0.2) is 16.8 Å². The molecule has 1 amide bonds. The molecule has 3 aliphatic heterocycles. The maximum atomic E-state index is 13.7. The average Bonchev–Trinajstić information content (AvgIpc) is 3.20. The van der Waals surface area contributed by atoms with Crippen molar-refractivity contribution in [3.63, 3.8) is 0 Å². The fraction of sp³-hybridized carbons (Fsp3) is 0.840. The first-order valence-electron chi connectivity index (χ1n) is 13.2. The monoisotopic (exact) mass is 494 g/mol. The smallest absolute Gasteiger partial charge is 0.227 e. The van der Waals surface area contributed by atoms with Crippen LogP contribution >= 0.6 is 11.6 Å². The lowest BCUT2D eigenvalue weighted by molar-refractivity contribution is -0.130. The summed E-state index contributed by atoms with van der Waals surface area (Å²) in [6.07, 6.45) is 11.3. The lowest BCUT2D eigenvalue weighted by atomic mass is 9.72. The second-order valence-electron chi connectivity index (χ2n) is 10.7. The summed E-state index contributed by atoms with van der Waals surface area (Å²) in [7, 11) is 0. The summed E-state index contributed by atoms with van der Waals surface area (Å²) in [5.74, 6) is -0.667. The summed E-state index contributed by atoms with van der Waals surface area (Å²) in [4.78, 5) is 13.7. The van der Waals surface area contributed by atoms with E-state index in [0.717, 1.165) is 51.7 Å². The van der Waals surface area contributed by atoms with Gasteiger partial charge in [-0.25, -0.2) is 0 Å². The van der Waals surface area contributed by atoms with E-state index in [1.54, 1.807) is 0 Å². The van der Waals surface area contributed by atoms with Gasteiger partial charge < -0.3 is 37.5 Å². The Hall–Kier alpha value is -0.960. The van der Waals surface area contributed by atoms with Gasteiger partial charge >= 0.3 is 0 Å². The number of hydrogen-bond donors (Lipinski definition) is 6. The van der Waals surface area contributed by atoms with Gasteiger partial charge in [-0.1, -0.05) is 37.3 Å². The van der Waals surface area contributed by atoms with Gasteiger partial charge in [-0.05, 0) is 56.7 Å². The lowest BCUT2D eigenvalue weighted by Gasteiger charge is -2.40. The number of nitrogens with two attached hydrogens (primary N) is 2. The van der Waals surface area contributed by atoms with Crippen molar-refractivity contribution < 1.29 is 9.53 Å². The van der Waals surface area contributed by atoms with E-state index in [9.17, 15) is 4.79 Å². The zero-order chi connectivity index (χ0) is 24.0. The summed E-state index contributed by atoms with van der Waals surface area (Å²) in [5, 5.41) is 14.1. The average molecular weight is 495 g/mol. The largest absolute Gasteiger partial charge is 0.371 e. The second kappa shape index (κ2) is 12.3. The molecule has 3 heterocycles. The van der Waals surface area contributed by atoms with Crippen molar-refractivity contribution in [3.8, 4) is 0 Å². The molecule has 4 aliphatic rings. The fourth-order valence-electron chi connectivity index (χ4n) is 6.14. The van der Waals surface area contributed by atoms with E-state index in [0.29, 0.717) is 18.1 Å². The Bertz CT molecular complexity index is 742. The van der Waals surface area contributed by atoms with Crippen LogP contribution in [0.4, 0.5) is 0 Å². The van der Waals surface area contributed by atoms with Gasteiger partial charge in [0.1, 0.15) is 0 Å². The highest BCUT2D eigenvalue weighted by atomic mass is 35.5. The molecule has 9 heteroatoms. The number of ether oxygens (including phenoxy) is 1. The van der Waals surface area contributed by atoms with Crippen molar-refractivity contribution in [2.45, 2.75) is 88.2 Å². The number of nitrogens with one attached hydrogen (secondary N) is 4. The maximum absolute atomic E-state index is 13.7. The van der Waals surface area contributed by atoms with E-state index < -0.39 is 12.1 Å². The minimum atomic E-state index is -0.776. The van der Waals surface area contributed by atoms with Crippen LogP contribution in [0.5, 0.6) is 0 Å².